The third-order valence-electron chi connectivity index (χ3n) is 6.90. The molecule has 0 spiro atoms. The van der Waals surface area contributed by atoms with E-state index in [1.165, 1.54) is 16.2 Å². The second-order valence-corrected chi connectivity index (χ2v) is 11.8. The summed E-state index contributed by atoms with van der Waals surface area (Å²) >= 11 is 1.47. The molecule has 4 N–H and O–H groups in total. The topological polar surface area (TPSA) is 132 Å². The van der Waals surface area contributed by atoms with Gasteiger partial charge >= 0.3 is 0 Å². The number of aliphatic hydroxyl groups is 1. The van der Waals surface area contributed by atoms with Gasteiger partial charge in [-0.15, -0.1) is 11.3 Å². The minimum atomic E-state index is -1.94. The van der Waals surface area contributed by atoms with Crippen LogP contribution in [0.1, 0.15) is 51.3 Å². The van der Waals surface area contributed by atoms with Crippen LogP contribution in [0.4, 0.5) is 4.39 Å². The minimum absolute atomic E-state index is 0.0146. The molecule has 0 bridgehead atoms. The van der Waals surface area contributed by atoms with Crippen molar-refractivity contribution < 1.29 is 29.0 Å². The van der Waals surface area contributed by atoms with E-state index in [-0.39, 0.29) is 38.1 Å². The van der Waals surface area contributed by atoms with Crippen LogP contribution >= 0.6 is 11.3 Å². The summed E-state index contributed by atoms with van der Waals surface area (Å²) in [5, 5.41) is 26.1. The number of alkyl halides is 1. The molecule has 2 heterocycles. The van der Waals surface area contributed by atoms with E-state index in [1.54, 1.807) is 38.4 Å². The maximum atomic E-state index is 14.3. The SMILES string of the molecule is Cc1ncsc1-c1ccc(CNC(=O)[C@@H]2C[C@H](O)CN2C(=O)[C@@H](NC(=O)C2(F)CC2)C(C)(C)C)c(O)c1. The number of halogens is 1. The number of aromatic hydroxyl groups is 1. The van der Waals surface area contributed by atoms with Crippen LogP contribution in [0.5, 0.6) is 5.75 Å². The molecule has 11 heteroatoms. The van der Waals surface area contributed by atoms with E-state index in [2.05, 4.69) is 15.6 Å². The van der Waals surface area contributed by atoms with E-state index in [1.807, 2.05) is 13.0 Å². The molecule has 3 atom stereocenters. The number of benzene rings is 1. The van der Waals surface area contributed by atoms with E-state index in [0.29, 0.717) is 5.56 Å². The predicted molar refractivity (Wildman–Crippen MR) is 136 cm³/mol. The summed E-state index contributed by atoms with van der Waals surface area (Å²) in [6, 6.07) is 3.13. The number of nitrogens with one attached hydrogen (secondary N) is 2. The molecule has 3 amide bonds. The fourth-order valence-corrected chi connectivity index (χ4v) is 5.25. The fourth-order valence-electron chi connectivity index (χ4n) is 4.45. The van der Waals surface area contributed by atoms with Crippen LogP contribution in [0.2, 0.25) is 0 Å². The quantitative estimate of drug-likeness (QED) is 0.433. The van der Waals surface area contributed by atoms with Gasteiger partial charge in [-0.2, -0.15) is 0 Å². The lowest BCUT2D eigenvalue weighted by Gasteiger charge is -2.35. The van der Waals surface area contributed by atoms with E-state index < -0.39 is 47.0 Å². The number of aliphatic hydroxyl groups excluding tert-OH is 1. The second-order valence-electron chi connectivity index (χ2n) is 11.0. The van der Waals surface area contributed by atoms with Crippen molar-refractivity contribution in [3.05, 3.63) is 35.0 Å². The number of hydrogen-bond acceptors (Lipinski definition) is 7. The Kier molecular flexibility index (Phi) is 7.31. The van der Waals surface area contributed by atoms with Crippen molar-refractivity contribution in [2.75, 3.05) is 6.54 Å². The standard InChI is InChI=1S/C26H33FN4O5S/c1-14-20(37-13-29-14)15-5-6-16(19(33)9-15)11-28-22(34)18-10-17(32)12-31(18)23(35)21(25(2,3)4)30-24(36)26(27)7-8-26/h5-6,9,13,17-18,21,32-33H,7-8,10-12H2,1-4H3,(H,28,34)(H,30,36)/t17-,18-,21+/m0/s1. The molecule has 37 heavy (non-hydrogen) atoms. The van der Waals surface area contributed by atoms with Crippen LogP contribution in [-0.4, -0.2) is 68.2 Å². The molecule has 1 aromatic carbocycles. The van der Waals surface area contributed by atoms with Crippen molar-refractivity contribution in [3.63, 3.8) is 0 Å². The summed E-state index contributed by atoms with van der Waals surface area (Å²) in [5.74, 6) is -1.85. The smallest absolute Gasteiger partial charge is 0.258 e. The van der Waals surface area contributed by atoms with Gasteiger partial charge in [0.25, 0.3) is 5.91 Å². The third kappa shape index (κ3) is 5.77. The number of phenols is 1. The number of likely N-dealkylation sites (tertiary alicyclic amines) is 1. The summed E-state index contributed by atoms with van der Waals surface area (Å²) < 4.78 is 14.3. The van der Waals surface area contributed by atoms with E-state index >= 15 is 0 Å². The molecule has 1 aliphatic heterocycles. The molecule has 0 radical (unpaired) electrons. The number of aryl methyl sites for hydroxylation is 1. The lowest BCUT2D eigenvalue weighted by Crippen LogP contribution is -2.59. The van der Waals surface area contributed by atoms with Crippen LogP contribution in [-0.2, 0) is 20.9 Å². The molecule has 4 rings (SSSR count). The Labute approximate surface area is 219 Å². The highest BCUT2D eigenvalue weighted by Gasteiger charge is 2.53. The number of carbonyl (C=O) groups excluding carboxylic acids is 3. The summed E-state index contributed by atoms with van der Waals surface area (Å²) in [6.45, 7) is 7.07. The van der Waals surface area contributed by atoms with Gasteiger partial charge in [-0.25, -0.2) is 9.37 Å². The highest BCUT2D eigenvalue weighted by molar-refractivity contribution is 7.13. The van der Waals surface area contributed by atoms with Crippen LogP contribution < -0.4 is 10.6 Å². The van der Waals surface area contributed by atoms with Gasteiger partial charge < -0.3 is 25.7 Å². The van der Waals surface area contributed by atoms with Crippen LogP contribution in [0.25, 0.3) is 10.4 Å². The zero-order valence-corrected chi connectivity index (χ0v) is 22.2. The van der Waals surface area contributed by atoms with Crippen LogP contribution in [0.3, 0.4) is 0 Å². The monoisotopic (exact) mass is 532 g/mol. The van der Waals surface area contributed by atoms with Gasteiger partial charge in [-0.1, -0.05) is 32.9 Å². The van der Waals surface area contributed by atoms with E-state index in [9.17, 15) is 29.0 Å². The average Bonchev–Trinajstić information content (AvgIpc) is 3.23. The van der Waals surface area contributed by atoms with Gasteiger partial charge in [0.15, 0.2) is 5.67 Å². The average molecular weight is 533 g/mol. The number of thiazole rings is 1. The number of hydrogen-bond donors (Lipinski definition) is 4. The number of amides is 3. The van der Waals surface area contributed by atoms with E-state index in [0.717, 1.165) is 16.1 Å². The Morgan fingerprint density at radius 3 is 2.57 bits per heavy atom. The molecule has 2 aliphatic rings. The van der Waals surface area contributed by atoms with Gasteiger partial charge in [-0.05, 0) is 36.8 Å². The molecule has 1 aromatic heterocycles. The molecule has 2 aromatic rings. The largest absolute Gasteiger partial charge is 0.508 e. The Morgan fingerprint density at radius 2 is 2.00 bits per heavy atom. The molecule has 1 saturated carbocycles. The first kappa shape index (κ1) is 27.0. The Bertz CT molecular complexity index is 1210. The number of carbonyl (C=O) groups is 3. The lowest BCUT2D eigenvalue weighted by molar-refractivity contribution is -0.145. The summed E-state index contributed by atoms with van der Waals surface area (Å²) in [4.78, 5) is 45.4. The summed E-state index contributed by atoms with van der Waals surface area (Å²) in [5.41, 5.74) is 1.21. The van der Waals surface area contributed by atoms with Crippen LogP contribution in [0, 0.1) is 12.3 Å². The summed E-state index contributed by atoms with van der Waals surface area (Å²) in [7, 11) is 0. The number of phenolic OH excluding ortho intramolecular Hbond substituents is 1. The molecule has 9 nitrogen and oxygen atoms in total. The number of β-amino-alcohol motifs (C(OH)–C–C–N with tert-alkyl or cyclic N) is 1. The van der Waals surface area contributed by atoms with E-state index in [4.69, 9.17) is 0 Å². The molecular weight excluding hydrogens is 499 g/mol. The maximum absolute atomic E-state index is 14.3. The number of nitrogens with zero attached hydrogens (tertiary/aromatic N) is 2. The molecule has 1 aliphatic carbocycles. The first-order valence-electron chi connectivity index (χ1n) is 12.3. The van der Waals surface area contributed by atoms with Gasteiger partial charge in [-0.3, -0.25) is 14.4 Å². The third-order valence-corrected chi connectivity index (χ3v) is 7.87. The minimum Gasteiger partial charge on any atom is -0.508 e. The number of rotatable bonds is 7. The van der Waals surface area contributed by atoms with Crippen molar-refractivity contribution in [1.82, 2.24) is 20.5 Å². The molecule has 200 valence electrons. The highest BCUT2D eigenvalue weighted by atomic mass is 32.1. The Balaban J connectivity index is 1.45. The zero-order chi connectivity index (χ0) is 27.1. The Morgan fingerprint density at radius 1 is 1.30 bits per heavy atom. The zero-order valence-electron chi connectivity index (χ0n) is 21.4. The predicted octanol–water partition coefficient (Wildman–Crippen LogP) is 2.44. The van der Waals surface area contributed by atoms with Crippen molar-refractivity contribution in [3.8, 4) is 16.2 Å². The first-order valence-corrected chi connectivity index (χ1v) is 13.2. The Hall–Kier alpha value is -3.05. The normalized spacial score (nSPS) is 21.4. The molecule has 0 unspecified atom stereocenters. The number of aromatic nitrogens is 1. The molecule has 1 saturated heterocycles. The maximum Gasteiger partial charge on any atom is 0.258 e. The highest BCUT2D eigenvalue weighted by Crippen LogP contribution is 2.40. The van der Waals surface area contributed by atoms with Gasteiger partial charge in [0.1, 0.15) is 17.8 Å². The summed E-state index contributed by atoms with van der Waals surface area (Å²) in [6.07, 6.45) is -0.642. The van der Waals surface area contributed by atoms with Crippen LogP contribution in [0.15, 0.2) is 23.7 Å². The van der Waals surface area contributed by atoms with Crippen molar-refractivity contribution in [2.24, 2.45) is 5.41 Å². The van der Waals surface area contributed by atoms with Crippen molar-refractivity contribution >= 4 is 29.1 Å². The second kappa shape index (κ2) is 10.0. The fraction of sp³-hybridized carbons (Fsp3) is 0.538. The van der Waals surface area contributed by atoms with Gasteiger partial charge in [0.2, 0.25) is 11.8 Å². The molecule has 2 fully saturated rings. The molecular formula is C26H33FN4O5S. The lowest BCUT2D eigenvalue weighted by atomic mass is 9.85. The first-order chi connectivity index (χ1) is 17.3. The van der Waals surface area contributed by atoms with Gasteiger partial charge in [0.05, 0.1) is 22.2 Å². The van der Waals surface area contributed by atoms with Gasteiger partial charge in [0, 0.05) is 25.1 Å². The van der Waals surface area contributed by atoms with Crippen molar-refractivity contribution in [2.45, 2.75) is 77.4 Å². The van der Waals surface area contributed by atoms with Crippen molar-refractivity contribution in [1.29, 1.82) is 0 Å².